The summed E-state index contributed by atoms with van der Waals surface area (Å²) in [5.41, 5.74) is 6.98. The maximum atomic E-state index is 12.2. The normalized spacial score (nSPS) is 10.2. The lowest BCUT2D eigenvalue weighted by Crippen LogP contribution is -2.43. The predicted octanol–water partition coefficient (Wildman–Crippen LogP) is 3.22. The van der Waals surface area contributed by atoms with Gasteiger partial charge in [0.1, 0.15) is 18.1 Å². The molecule has 3 rings (SSSR count). The van der Waals surface area contributed by atoms with Crippen molar-refractivity contribution in [2.24, 2.45) is 0 Å². The summed E-state index contributed by atoms with van der Waals surface area (Å²) in [6, 6.07) is 23.8. The third-order valence-corrected chi connectivity index (χ3v) is 4.32. The van der Waals surface area contributed by atoms with Crippen molar-refractivity contribution in [1.29, 1.82) is 0 Å². The first kappa shape index (κ1) is 21.9. The van der Waals surface area contributed by atoms with Crippen molar-refractivity contribution in [3.05, 3.63) is 84.4 Å². The molecule has 7 nitrogen and oxygen atoms in total. The van der Waals surface area contributed by atoms with Crippen molar-refractivity contribution in [2.45, 2.75) is 0 Å². The van der Waals surface area contributed by atoms with Crippen molar-refractivity contribution in [2.75, 3.05) is 26.9 Å². The van der Waals surface area contributed by atoms with Crippen molar-refractivity contribution in [3.63, 3.8) is 0 Å². The minimum atomic E-state index is -0.476. The molecule has 0 aliphatic carbocycles. The highest BCUT2D eigenvalue weighted by molar-refractivity contribution is 5.95. The van der Waals surface area contributed by atoms with E-state index in [9.17, 15) is 9.59 Å². The first-order valence-electron chi connectivity index (χ1n) is 9.75. The van der Waals surface area contributed by atoms with Gasteiger partial charge in [-0.05, 0) is 35.9 Å². The summed E-state index contributed by atoms with van der Waals surface area (Å²) >= 11 is 0. The molecule has 0 unspecified atom stereocenters. The zero-order valence-electron chi connectivity index (χ0n) is 17.2. The lowest BCUT2D eigenvalue weighted by atomic mass is 10.1. The Morgan fingerprint density at radius 1 is 0.774 bits per heavy atom. The Morgan fingerprint density at radius 2 is 1.48 bits per heavy atom. The van der Waals surface area contributed by atoms with Crippen LogP contribution in [0.3, 0.4) is 0 Å². The summed E-state index contributed by atoms with van der Waals surface area (Å²) in [6.45, 7) is 0.661. The summed E-state index contributed by atoms with van der Waals surface area (Å²) < 4.78 is 16.0. The Balaban J connectivity index is 1.48. The molecule has 0 radical (unpaired) electrons. The van der Waals surface area contributed by atoms with Crippen molar-refractivity contribution < 1.29 is 23.8 Å². The van der Waals surface area contributed by atoms with Crippen molar-refractivity contribution in [1.82, 2.24) is 10.9 Å². The predicted molar refractivity (Wildman–Crippen MR) is 117 cm³/mol. The lowest BCUT2D eigenvalue weighted by molar-refractivity contribution is -0.123. The van der Waals surface area contributed by atoms with E-state index in [0.717, 1.165) is 11.1 Å². The van der Waals surface area contributed by atoms with E-state index < -0.39 is 11.8 Å². The number of hydrogen-bond acceptors (Lipinski definition) is 5. The van der Waals surface area contributed by atoms with Crippen LogP contribution in [0.15, 0.2) is 78.9 Å². The monoisotopic (exact) mass is 420 g/mol. The van der Waals surface area contributed by atoms with Gasteiger partial charge in [0.25, 0.3) is 11.8 Å². The number of hydrogen-bond donors (Lipinski definition) is 2. The minimum Gasteiger partial charge on any atom is -0.491 e. The Kier molecular flexibility index (Phi) is 8.02. The van der Waals surface area contributed by atoms with Gasteiger partial charge in [-0.1, -0.05) is 48.5 Å². The van der Waals surface area contributed by atoms with E-state index in [1.165, 1.54) is 0 Å². The number of amides is 2. The molecular weight excluding hydrogens is 396 g/mol. The molecule has 31 heavy (non-hydrogen) atoms. The highest BCUT2D eigenvalue weighted by Crippen LogP contribution is 2.29. The van der Waals surface area contributed by atoms with Gasteiger partial charge in [-0.2, -0.15) is 0 Å². The number of methoxy groups -OCH3 is 1. The second kappa shape index (κ2) is 11.4. The molecule has 0 saturated carbocycles. The molecule has 0 aromatic heterocycles. The molecule has 3 aromatic carbocycles. The first-order chi connectivity index (χ1) is 15.2. The zero-order valence-corrected chi connectivity index (χ0v) is 17.2. The van der Waals surface area contributed by atoms with Crippen molar-refractivity contribution >= 4 is 11.8 Å². The summed E-state index contributed by atoms with van der Waals surface area (Å²) in [6.07, 6.45) is 0. The lowest BCUT2D eigenvalue weighted by Gasteiger charge is -2.12. The van der Waals surface area contributed by atoms with Gasteiger partial charge in [0.2, 0.25) is 0 Å². The van der Waals surface area contributed by atoms with Crippen LogP contribution in [0.4, 0.5) is 0 Å². The molecule has 0 heterocycles. The summed E-state index contributed by atoms with van der Waals surface area (Å²) in [4.78, 5) is 24.3. The second-order valence-corrected chi connectivity index (χ2v) is 6.52. The van der Waals surface area contributed by atoms with Gasteiger partial charge in [-0.25, -0.2) is 0 Å². The Labute approximate surface area is 180 Å². The standard InChI is InChI=1S/C24H24N2O5/c1-29-15-16-30-20-13-11-19(12-14-20)24(28)26-25-23(27)17-31-22-10-6-5-9-21(22)18-7-3-2-4-8-18/h2-14H,15-17H2,1H3,(H,25,27)(H,26,28). The van der Waals surface area contributed by atoms with Crippen LogP contribution in [-0.2, 0) is 9.53 Å². The maximum absolute atomic E-state index is 12.2. The van der Waals surface area contributed by atoms with E-state index in [-0.39, 0.29) is 6.61 Å². The highest BCUT2D eigenvalue weighted by atomic mass is 16.5. The third-order valence-electron chi connectivity index (χ3n) is 4.32. The maximum Gasteiger partial charge on any atom is 0.276 e. The number of nitrogens with one attached hydrogen (secondary N) is 2. The van der Waals surface area contributed by atoms with Crippen molar-refractivity contribution in [3.8, 4) is 22.6 Å². The molecule has 0 atom stereocenters. The van der Waals surface area contributed by atoms with E-state index >= 15 is 0 Å². The summed E-state index contributed by atoms with van der Waals surface area (Å²) in [5.74, 6) is 0.291. The van der Waals surface area contributed by atoms with Gasteiger partial charge in [0.15, 0.2) is 6.61 Å². The number of rotatable bonds is 9. The number of carbonyl (C=O) groups excluding carboxylic acids is 2. The van der Waals surface area contributed by atoms with Gasteiger partial charge in [0.05, 0.1) is 6.61 Å². The average molecular weight is 420 g/mol. The number of hydrazine groups is 1. The zero-order chi connectivity index (χ0) is 21.9. The van der Waals surface area contributed by atoms with E-state index in [1.807, 2.05) is 48.5 Å². The average Bonchev–Trinajstić information content (AvgIpc) is 2.82. The third kappa shape index (κ3) is 6.58. The van der Waals surface area contributed by atoms with E-state index in [0.29, 0.717) is 30.3 Å². The fourth-order valence-electron chi connectivity index (χ4n) is 2.77. The van der Waals surface area contributed by atoms with Crippen LogP contribution in [0.5, 0.6) is 11.5 Å². The summed E-state index contributed by atoms with van der Waals surface area (Å²) in [7, 11) is 1.60. The van der Waals surface area contributed by atoms with Crippen LogP contribution in [0.2, 0.25) is 0 Å². The van der Waals surface area contributed by atoms with Crippen LogP contribution >= 0.6 is 0 Å². The first-order valence-corrected chi connectivity index (χ1v) is 9.75. The molecule has 0 spiro atoms. The molecule has 160 valence electrons. The second-order valence-electron chi connectivity index (χ2n) is 6.52. The molecule has 7 heteroatoms. The number of carbonyl (C=O) groups is 2. The molecule has 3 aromatic rings. The molecular formula is C24H24N2O5. The van der Waals surface area contributed by atoms with E-state index in [2.05, 4.69) is 10.9 Å². The SMILES string of the molecule is COCCOc1ccc(C(=O)NNC(=O)COc2ccccc2-c2ccccc2)cc1. The van der Waals surface area contributed by atoms with Gasteiger partial charge in [-0.3, -0.25) is 20.4 Å². The number of ether oxygens (including phenoxy) is 3. The van der Waals surface area contributed by atoms with Crippen LogP contribution < -0.4 is 20.3 Å². The molecule has 0 aliphatic heterocycles. The minimum absolute atomic E-state index is 0.240. The van der Waals surface area contributed by atoms with Crippen LogP contribution in [0.25, 0.3) is 11.1 Å². The molecule has 0 bridgehead atoms. The number of para-hydroxylation sites is 1. The molecule has 2 amide bonds. The van der Waals surface area contributed by atoms with Gasteiger partial charge < -0.3 is 14.2 Å². The molecule has 0 fully saturated rings. The van der Waals surface area contributed by atoms with Crippen LogP contribution in [0.1, 0.15) is 10.4 Å². The fraction of sp³-hybridized carbons (Fsp3) is 0.167. The summed E-state index contributed by atoms with van der Waals surface area (Å²) in [5, 5.41) is 0. The molecule has 0 aliphatic rings. The quantitative estimate of drug-likeness (QED) is 0.410. The smallest absolute Gasteiger partial charge is 0.276 e. The Bertz CT molecular complexity index is 990. The van der Waals surface area contributed by atoms with E-state index in [1.54, 1.807) is 37.4 Å². The highest BCUT2D eigenvalue weighted by Gasteiger charge is 2.10. The van der Waals surface area contributed by atoms with Gasteiger partial charge in [0, 0.05) is 18.2 Å². The van der Waals surface area contributed by atoms with Gasteiger partial charge >= 0.3 is 0 Å². The Hall–Kier alpha value is -3.84. The largest absolute Gasteiger partial charge is 0.491 e. The van der Waals surface area contributed by atoms with Crippen LogP contribution in [-0.4, -0.2) is 38.7 Å². The van der Waals surface area contributed by atoms with Gasteiger partial charge in [-0.15, -0.1) is 0 Å². The van der Waals surface area contributed by atoms with Crippen LogP contribution in [0, 0.1) is 0 Å². The molecule has 0 saturated heterocycles. The fourth-order valence-corrected chi connectivity index (χ4v) is 2.77. The Morgan fingerprint density at radius 3 is 2.23 bits per heavy atom. The van der Waals surface area contributed by atoms with E-state index in [4.69, 9.17) is 14.2 Å². The molecule has 2 N–H and O–H groups in total. The topological polar surface area (TPSA) is 85.9 Å². The number of benzene rings is 3.